The molecular formula is C75H101N7O16Si2. The summed E-state index contributed by atoms with van der Waals surface area (Å²) >= 11 is 0. The van der Waals surface area contributed by atoms with Crippen LogP contribution in [0.5, 0.6) is 23.0 Å². The Morgan fingerprint density at radius 2 is 1.10 bits per heavy atom. The summed E-state index contributed by atoms with van der Waals surface area (Å²) in [4.78, 5) is 111. The molecule has 2 aliphatic heterocycles. The molecule has 0 radical (unpaired) electrons. The first kappa shape index (κ1) is 78.2. The van der Waals surface area contributed by atoms with Gasteiger partial charge in [-0.2, -0.15) is 0 Å². The molecule has 7 amide bonds. The Morgan fingerprint density at radius 3 is 1.59 bits per heavy atom. The van der Waals surface area contributed by atoms with Gasteiger partial charge in [-0.25, -0.2) is 14.4 Å². The predicted molar refractivity (Wildman–Crippen MR) is 393 cm³/mol. The molecule has 25 heteroatoms. The number of carbonyl (C=O) groups excluding carboxylic acids is 7. The molecule has 0 saturated carbocycles. The largest absolute Gasteiger partial charge is 0.493 e. The summed E-state index contributed by atoms with van der Waals surface area (Å²) in [5.41, 5.74) is 4.95. The van der Waals surface area contributed by atoms with E-state index >= 15 is 9.59 Å². The number of alkyl carbamates (subject to hydrolysis) is 1. The van der Waals surface area contributed by atoms with Crippen LogP contribution in [0.25, 0.3) is 0 Å². The number of hydrogen-bond donors (Lipinski definition) is 6. The van der Waals surface area contributed by atoms with E-state index in [4.69, 9.17) is 37.6 Å². The van der Waals surface area contributed by atoms with Gasteiger partial charge in [-0.3, -0.25) is 29.8 Å². The maximum absolute atomic E-state index is 15.3. The first-order valence-corrected chi connectivity index (χ1v) is 39.8. The number of para-hydroxylation sites is 2. The minimum atomic E-state index is -2.62. The molecule has 0 aromatic heterocycles. The molecule has 5 aromatic rings. The molecule has 7 rings (SSSR count). The number of fused-ring (bicyclic) bond motifs is 2. The standard InChI is InChI=1S/C75H101N7O16Si2/c1-17-36-95-71(87)78-58-44-64(63(92-12)43-57(58)70(86)82-55(41-52-27-21-23-29-61(52)82)47-98-100(15,16)74(6,7)8)93-38-24-19-25-39-94-65-45-59(56(42-62(65)91-11)69(85)81-54(34-35-75(9,10)99(13,14)90)40-51-26-20-22-28-60(51)81)79-72(88)97-46-50-30-32-53(33-31-50)77-67(83)49(5)76-68(84)66(48(3)4)80-73(89)96-37-18-2/h17-18,20-23,26-33,42-45,48-49,54-55,66,90H,1-2,19,24-25,34-41,46-47H2,3-16H3,(H,76,84)(H,77,83)(H,78,87)(H,79,88)(H,80,89)/t49-,54+,55-,66-/m0/s1. The molecule has 100 heavy (non-hydrogen) atoms. The number of ether oxygens (including phenoxy) is 7. The topological polar surface area (TPSA) is 280 Å². The summed E-state index contributed by atoms with van der Waals surface area (Å²) in [5.74, 6) is -1.16. The van der Waals surface area contributed by atoms with Gasteiger partial charge in [0.1, 0.15) is 31.9 Å². The number of unbranched alkanes of at least 4 members (excludes halogenated alkanes) is 2. The maximum Gasteiger partial charge on any atom is 0.411 e. The zero-order chi connectivity index (χ0) is 73.3. The fraction of sp³-hybridized carbons (Fsp3) is 0.453. The van der Waals surface area contributed by atoms with Gasteiger partial charge >= 0.3 is 18.3 Å². The normalized spacial score (nSPS) is 14.9. The Morgan fingerprint density at radius 1 is 0.610 bits per heavy atom. The third kappa shape index (κ3) is 20.3. The lowest BCUT2D eigenvalue weighted by atomic mass is 9.99. The highest BCUT2D eigenvalue weighted by Crippen LogP contribution is 2.46. The van der Waals surface area contributed by atoms with E-state index in [9.17, 15) is 28.8 Å². The molecule has 540 valence electrons. The molecule has 0 fully saturated rings. The number of nitrogens with zero attached hydrogens (tertiary/aromatic N) is 2. The number of nitrogens with one attached hydrogen (secondary N) is 5. The summed E-state index contributed by atoms with van der Waals surface area (Å²) < 4.78 is 47.2. The van der Waals surface area contributed by atoms with Crippen LogP contribution in [0.15, 0.2) is 122 Å². The van der Waals surface area contributed by atoms with Gasteiger partial charge in [0.25, 0.3) is 11.8 Å². The van der Waals surface area contributed by atoms with Crippen molar-refractivity contribution in [3.63, 3.8) is 0 Å². The van der Waals surface area contributed by atoms with Gasteiger partial charge in [0.15, 0.2) is 39.6 Å². The Kier molecular flexibility index (Phi) is 27.2. The molecule has 6 N–H and O–H groups in total. The molecule has 4 atom stereocenters. The van der Waals surface area contributed by atoms with Gasteiger partial charge in [-0.15, -0.1) is 0 Å². The second kappa shape index (κ2) is 34.7. The number of carbonyl (C=O) groups is 7. The molecule has 0 spiro atoms. The smallest absolute Gasteiger partial charge is 0.411 e. The highest BCUT2D eigenvalue weighted by Gasteiger charge is 2.44. The van der Waals surface area contributed by atoms with Crippen LogP contribution >= 0.6 is 0 Å². The third-order valence-electron chi connectivity index (χ3n) is 18.9. The average Bonchev–Trinajstić information content (AvgIpc) is 1.59. The third-order valence-corrected chi connectivity index (χ3v) is 26.9. The fourth-order valence-corrected chi connectivity index (χ4v) is 12.9. The van der Waals surface area contributed by atoms with Crippen molar-refractivity contribution in [3.8, 4) is 23.0 Å². The lowest BCUT2D eigenvalue weighted by molar-refractivity contribution is -0.128. The van der Waals surface area contributed by atoms with E-state index in [1.807, 2.05) is 61.6 Å². The van der Waals surface area contributed by atoms with E-state index < -0.39 is 64.7 Å². The molecule has 0 bridgehead atoms. The van der Waals surface area contributed by atoms with Crippen LogP contribution in [0.2, 0.25) is 36.3 Å². The summed E-state index contributed by atoms with van der Waals surface area (Å²) in [6.45, 7) is 31.4. The van der Waals surface area contributed by atoms with Crippen LogP contribution < -0.4 is 55.3 Å². The van der Waals surface area contributed by atoms with Crippen molar-refractivity contribution in [3.05, 3.63) is 150 Å². The van der Waals surface area contributed by atoms with Crippen molar-refractivity contribution in [1.29, 1.82) is 0 Å². The van der Waals surface area contributed by atoms with Crippen LogP contribution in [-0.4, -0.2) is 135 Å². The van der Waals surface area contributed by atoms with Gasteiger partial charge in [0.05, 0.1) is 62.6 Å². The Balaban J connectivity index is 1.05. The minimum absolute atomic E-state index is 0.0382. The first-order valence-electron chi connectivity index (χ1n) is 33.9. The molecule has 2 aliphatic rings. The number of amides is 7. The van der Waals surface area contributed by atoms with Crippen molar-refractivity contribution in [2.45, 2.75) is 167 Å². The van der Waals surface area contributed by atoms with E-state index in [2.05, 4.69) is 87.5 Å². The van der Waals surface area contributed by atoms with Crippen LogP contribution in [0.3, 0.4) is 0 Å². The Hall–Kier alpha value is -9.18. The number of hydrogen-bond acceptors (Lipinski definition) is 16. The maximum atomic E-state index is 15.3. The molecule has 0 saturated heterocycles. The molecule has 0 unspecified atom stereocenters. The molecule has 5 aromatic carbocycles. The zero-order valence-corrected chi connectivity index (χ0v) is 62.4. The number of benzene rings is 5. The quantitative estimate of drug-likeness (QED) is 0.00985. The Labute approximate surface area is 590 Å². The first-order chi connectivity index (χ1) is 47.3. The molecule has 2 heterocycles. The van der Waals surface area contributed by atoms with E-state index in [0.29, 0.717) is 62.8 Å². The number of anilines is 5. The highest BCUT2D eigenvalue weighted by molar-refractivity contribution is 6.74. The second-order valence-electron chi connectivity index (χ2n) is 28.1. The van der Waals surface area contributed by atoms with E-state index in [0.717, 1.165) is 22.5 Å². The summed E-state index contributed by atoms with van der Waals surface area (Å²) in [5, 5.41) is 13.1. The van der Waals surface area contributed by atoms with E-state index in [1.54, 1.807) is 72.2 Å². The van der Waals surface area contributed by atoms with Crippen LogP contribution in [0, 0.1) is 5.92 Å². The number of methoxy groups -OCH3 is 2. The van der Waals surface area contributed by atoms with Crippen molar-refractivity contribution in [2.75, 3.05) is 73.0 Å². The lowest BCUT2D eigenvalue weighted by Crippen LogP contribution is -2.53. The number of rotatable bonds is 33. The van der Waals surface area contributed by atoms with Crippen molar-refractivity contribution in [1.82, 2.24) is 10.6 Å². The van der Waals surface area contributed by atoms with E-state index in [1.165, 1.54) is 33.3 Å². The summed E-state index contributed by atoms with van der Waals surface area (Å²) in [6, 6.07) is 25.7. The summed E-state index contributed by atoms with van der Waals surface area (Å²) in [6.07, 6.45) is 4.48. The molecular weight excluding hydrogens is 1310 g/mol. The monoisotopic (exact) mass is 1410 g/mol. The van der Waals surface area contributed by atoms with Gasteiger partial charge in [0.2, 0.25) is 11.8 Å². The molecule has 0 aliphatic carbocycles. The van der Waals surface area contributed by atoms with Gasteiger partial charge in [0, 0.05) is 35.2 Å². The van der Waals surface area contributed by atoms with Crippen LogP contribution in [-0.2, 0) is 47.7 Å². The van der Waals surface area contributed by atoms with Gasteiger partial charge in [-0.05, 0) is 147 Å². The fourth-order valence-electron chi connectivity index (χ4n) is 11.1. The van der Waals surface area contributed by atoms with E-state index in [-0.39, 0.29) is 113 Å². The van der Waals surface area contributed by atoms with Crippen LogP contribution in [0.4, 0.5) is 42.8 Å². The zero-order valence-electron chi connectivity index (χ0n) is 60.4. The second-order valence-corrected chi connectivity index (χ2v) is 37.4. The minimum Gasteiger partial charge on any atom is -0.493 e. The highest BCUT2D eigenvalue weighted by atomic mass is 28.4. The summed E-state index contributed by atoms with van der Waals surface area (Å²) in [7, 11) is -1.89. The average molecular weight is 1410 g/mol. The van der Waals surface area contributed by atoms with Crippen molar-refractivity contribution >= 4 is 87.0 Å². The van der Waals surface area contributed by atoms with Crippen molar-refractivity contribution in [2.24, 2.45) is 5.92 Å². The van der Waals surface area contributed by atoms with Crippen LogP contribution in [0.1, 0.15) is 125 Å². The van der Waals surface area contributed by atoms with Gasteiger partial charge in [-0.1, -0.05) is 122 Å². The predicted octanol–water partition coefficient (Wildman–Crippen LogP) is 14.1. The van der Waals surface area contributed by atoms with Crippen molar-refractivity contribution < 1.29 is 75.9 Å². The SMILES string of the molecule is C=CCOC(=O)Nc1cc(OCCCCCOc2cc(NC(=O)OCc3ccc(NC(=O)[C@H](C)NC(=O)[C@@H](NC(=O)OCC=C)C(C)C)cc3)c(C(=O)N3c4ccccc4C[C@H]3CCC(C)(C)[Si](C)(C)O)cc2OC)c(OC)cc1C(=O)N1c2ccccc2C[C@H]1CO[Si](C)(C)C(C)(C)C. The van der Waals surface area contributed by atoms with Gasteiger partial charge < -0.3 is 68.1 Å². The molecule has 23 nitrogen and oxygen atoms in total. The Bertz CT molecular complexity index is 3740. The lowest BCUT2D eigenvalue weighted by Gasteiger charge is -2.38.